The molecular weight excluding hydrogens is 370 g/mol. The summed E-state index contributed by atoms with van der Waals surface area (Å²) in [5.41, 5.74) is 1.35. The Bertz CT molecular complexity index is 825. The number of carbonyl (C=O) groups is 2. The Morgan fingerprint density at radius 3 is 2.83 bits per heavy atom. The highest BCUT2D eigenvalue weighted by atomic mass is 16.5. The molecule has 154 valence electrons. The number of nitrogens with zero attached hydrogens (tertiary/aromatic N) is 1. The first-order valence-corrected chi connectivity index (χ1v) is 10.2. The van der Waals surface area contributed by atoms with Crippen molar-refractivity contribution in [2.24, 2.45) is 11.8 Å². The number of rotatable bonds is 3. The largest absolute Gasteiger partial charge is 0.491 e. The quantitative estimate of drug-likeness (QED) is 0.734. The van der Waals surface area contributed by atoms with Crippen LogP contribution in [0, 0.1) is 11.8 Å². The van der Waals surface area contributed by atoms with Crippen LogP contribution in [0.1, 0.15) is 35.2 Å². The van der Waals surface area contributed by atoms with Crippen LogP contribution in [0.25, 0.3) is 0 Å². The number of ether oxygens (including phenoxy) is 3. The summed E-state index contributed by atoms with van der Waals surface area (Å²) >= 11 is 0. The van der Waals surface area contributed by atoms with Gasteiger partial charge in [-0.2, -0.15) is 0 Å². The Hall–Kier alpha value is -2.60. The van der Waals surface area contributed by atoms with Gasteiger partial charge < -0.3 is 19.1 Å². The average Bonchev–Trinajstić information content (AvgIpc) is 2.98. The molecule has 0 bridgehead atoms. The standard InChI is InChI=1S/C23H27NO5/c1-27-23(26)17-9-10-18-13-24(22(25)19-8-5-11-28-14-19)20(15-29-21(18)12-17)16-6-3-2-4-7-16/h2-4,6,9-10,12,16,19-20H,5,7-8,11,13-15H2,1H3/t16?,19-,20-/m1/s1. The van der Waals surface area contributed by atoms with Crippen LogP contribution in [0.4, 0.5) is 0 Å². The molecule has 1 amide bonds. The lowest BCUT2D eigenvalue weighted by atomic mass is 9.90. The summed E-state index contributed by atoms with van der Waals surface area (Å²) in [6, 6.07) is 5.23. The lowest BCUT2D eigenvalue weighted by Gasteiger charge is -2.37. The topological polar surface area (TPSA) is 65.1 Å². The van der Waals surface area contributed by atoms with Crippen LogP contribution in [0.3, 0.4) is 0 Å². The van der Waals surface area contributed by atoms with E-state index in [2.05, 4.69) is 12.2 Å². The molecule has 2 heterocycles. The first-order chi connectivity index (χ1) is 14.2. The van der Waals surface area contributed by atoms with Gasteiger partial charge in [0.2, 0.25) is 5.91 Å². The highest BCUT2D eigenvalue weighted by molar-refractivity contribution is 5.90. The van der Waals surface area contributed by atoms with E-state index >= 15 is 0 Å². The number of allylic oxidation sites excluding steroid dienone is 3. The van der Waals surface area contributed by atoms with E-state index in [9.17, 15) is 9.59 Å². The summed E-state index contributed by atoms with van der Waals surface area (Å²) in [7, 11) is 1.36. The molecule has 4 rings (SSSR count). The summed E-state index contributed by atoms with van der Waals surface area (Å²) in [4.78, 5) is 27.3. The van der Waals surface area contributed by atoms with Gasteiger partial charge in [0.15, 0.2) is 0 Å². The van der Waals surface area contributed by atoms with Gasteiger partial charge in [-0.15, -0.1) is 0 Å². The average molecular weight is 397 g/mol. The number of carbonyl (C=O) groups excluding carboxylic acids is 2. The SMILES string of the molecule is COC(=O)c1ccc2c(c1)OC[C@H](C1C=CC=CC1)N(C(=O)[C@@H]1CCCOC1)C2. The van der Waals surface area contributed by atoms with Crippen molar-refractivity contribution in [1.82, 2.24) is 4.90 Å². The van der Waals surface area contributed by atoms with E-state index in [1.54, 1.807) is 12.1 Å². The molecule has 29 heavy (non-hydrogen) atoms. The van der Waals surface area contributed by atoms with Crippen molar-refractivity contribution in [3.63, 3.8) is 0 Å². The van der Waals surface area contributed by atoms with E-state index < -0.39 is 5.97 Å². The van der Waals surface area contributed by atoms with Crippen LogP contribution in [0.5, 0.6) is 5.75 Å². The molecule has 0 spiro atoms. The summed E-state index contributed by atoms with van der Waals surface area (Å²) in [6.45, 7) is 2.06. The maximum absolute atomic E-state index is 13.5. The monoisotopic (exact) mass is 397 g/mol. The zero-order valence-corrected chi connectivity index (χ0v) is 16.7. The third-order valence-electron chi connectivity index (χ3n) is 5.94. The van der Waals surface area contributed by atoms with Crippen molar-refractivity contribution in [1.29, 1.82) is 0 Å². The number of methoxy groups -OCH3 is 1. The molecule has 1 fully saturated rings. The third-order valence-corrected chi connectivity index (χ3v) is 5.94. The van der Waals surface area contributed by atoms with Crippen LogP contribution < -0.4 is 4.74 Å². The highest BCUT2D eigenvalue weighted by Crippen LogP contribution is 2.32. The Morgan fingerprint density at radius 1 is 1.21 bits per heavy atom. The molecule has 1 saturated heterocycles. The van der Waals surface area contributed by atoms with Crippen molar-refractivity contribution >= 4 is 11.9 Å². The lowest BCUT2D eigenvalue weighted by Crippen LogP contribution is -2.49. The fraction of sp³-hybridized carbons (Fsp3) is 0.478. The molecule has 1 aromatic carbocycles. The molecule has 1 aromatic rings. The minimum atomic E-state index is -0.398. The van der Waals surface area contributed by atoms with E-state index in [1.165, 1.54) is 7.11 Å². The van der Waals surface area contributed by atoms with Gasteiger partial charge in [0.25, 0.3) is 0 Å². The van der Waals surface area contributed by atoms with Crippen LogP contribution >= 0.6 is 0 Å². The van der Waals surface area contributed by atoms with Crippen molar-refractivity contribution < 1.29 is 23.8 Å². The van der Waals surface area contributed by atoms with E-state index in [4.69, 9.17) is 14.2 Å². The maximum Gasteiger partial charge on any atom is 0.337 e. The van der Waals surface area contributed by atoms with Gasteiger partial charge >= 0.3 is 5.97 Å². The van der Waals surface area contributed by atoms with Crippen molar-refractivity contribution in [3.05, 3.63) is 53.6 Å². The van der Waals surface area contributed by atoms with Gasteiger partial charge in [-0.1, -0.05) is 30.4 Å². The van der Waals surface area contributed by atoms with Crippen LogP contribution in [-0.2, 0) is 20.8 Å². The molecule has 0 aromatic heterocycles. The minimum absolute atomic E-state index is 0.0698. The van der Waals surface area contributed by atoms with E-state index in [1.807, 2.05) is 23.1 Å². The van der Waals surface area contributed by atoms with Crippen LogP contribution in [0.2, 0.25) is 0 Å². The molecule has 6 nitrogen and oxygen atoms in total. The summed E-state index contributed by atoms with van der Waals surface area (Å²) in [6.07, 6.45) is 11.0. The molecular formula is C23H27NO5. The van der Waals surface area contributed by atoms with Crippen molar-refractivity contribution in [2.45, 2.75) is 31.8 Å². The summed E-state index contributed by atoms with van der Waals surface area (Å²) < 4.78 is 16.5. The molecule has 0 saturated carbocycles. The number of fused-ring (bicyclic) bond motifs is 1. The Morgan fingerprint density at radius 2 is 2.10 bits per heavy atom. The molecule has 1 unspecified atom stereocenters. The Balaban J connectivity index is 1.64. The number of hydrogen-bond donors (Lipinski definition) is 0. The zero-order chi connectivity index (χ0) is 20.2. The van der Waals surface area contributed by atoms with Gasteiger partial charge in [-0.25, -0.2) is 4.79 Å². The molecule has 0 N–H and O–H groups in total. The van der Waals surface area contributed by atoms with E-state index in [0.29, 0.717) is 31.1 Å². The molecule has 0 radical (unpaired) electrons. The van der Waals surface area contributed by atoms with Gasteiger partial charge in [0, 0.05) is 24.6 Å². The van der Waals surface area contributed by atoms with E-state index in [0.717, 1.165) is 31.4 Å². The van der Waals surface area contributed by atoms with Gasteiger partial charge in [-0.05, 0) is 31.4 Å². The van der Waals surface area contributed by atoms with Gasteiger partial charge in [-0.3, -0.25) is 4.79 Å². The summed E-state index contributed by atoms with van der Waals surface area (Å²) in [5.74, 6) is 0.465. The van der Waals surface area contributed by atoms with Gasteiger partial charge in [0.1, 0.15) is 12.4 Å². The van der Waals surface area contributed by atoms with Crippen LogP contribution in [0.15, 0.2) is 42.5 Å². The number of amides is 1. The first kappa shape index (κ1) is 19.7. The van der Waals surface area contributed by atoms with Crippen LogP contribution in [-0.4, -0.2) is 49.7 Å². The number of benzene rings is 1. The normalized spacial score (nSPS) is 26.2. The predicted molar refractivity (Wildman–Crippen MR) is 108 cm³/mol. The summed E-state index contributed by atoms with van der Waals surface area (Å²) in [5, 5.41) is 0. The number of hydrogen-bond acceptors (Lipinski definition) is 5. The minimum Gasteiger partial charge on any atom is -0.491 e. The molecule has 1 aliphatic carbocycles. The highest BCUT2D eigenvalue weighted by Gasteiger charge is 2.37. The Labute approximate surface area is 171 Å². The van der Waals surface area contributed by atoms with Gasteiger partial charge in [0.05, 0.1) is 31.2 Å². The molecule has 2 aliphatic heterocycles. The fourth-order valence-electron chi connectivity index (χ4n) is 4.28. The molecule has 3 aliphatic rings. The molecule has 3 atom stereocenters. The van der Waals surface area contributed by atoms with E-state index in [-0.39, 0.29) is 23.8 Å². The van der Waals surface area contributed by atoms with Crippen molar-refractivity contribution in [3.8, 4) is 5.75 Å². The second-order valence-electron chi connectivity index (χ2n) is 7.79. The first-order valence-electron chi connectivity index (χ1n) is 10.2. The lowest BCUT2D eigenvalue weighted by molar-refractivity contribution is -0.144. The second kappa shape index (κ2) is 8.82. The van der Waals surface area contributed by atoms with Crippen molar-refractivity contribution in [2.75, 3.05) is 26.9 Å². The maximum atomic E-state index is 13.5. The third kappa shape index (κ3) is 4.22. The molecule has 6 heteroatoms. The zero-order valence-electron chi connectivity index (χ0n) is 16.7. The fourth-order valence-corrected chi connectivity index (χ4v) is 4.28. The Kier molecular flexibility index (Phi) is 6.00. The second-order valence-corrected chi connectivity index (χ2v) is 7.79. The predicted octanol–water partition coefficient (Wildman–Crippen LogP) is 3.12. The number of esters is 1. The smallest absolute Gasteiger partial charge is 0.337 e.